The van der Waals surface area contributed by atoms with Gasteiger partial charge in [0.2, 0.25) is 0 Å². The molecule has 0 saturated carbocycles. The lowest BCUT2D eigenvalue weighted by molar-refractivity contribution is -0.141. The van der Waals surface area contributed by atoms with Crippen molar-refractivity contribution in [1.29, 1.82) is 0 Å². The van der Waals surface area contributed by atoms with Gasteiger partial charge in [-0.25, -0.2) is 9.59 Å². The van der Waals surface area contributed by atoms with Crippen LogP contribution in [0.15, 0.2) is 0 Å². The van der Waals surface area contributed by atoms with Crippen LogP contribution >= 0.6 is 11.8 Å². The van der Waals surface area contributed by atoms with Crippen LogP contribution in [0.2, 0.25) is 0 Å². The molecule has 1 rings (SSSR count). The second-order valence-corrected chi connectivity index (χ2v) is 5.51. The predicted molar refractivity (Wildman–Crippen MR) is 73.0 cm³/mol. The summed E-state index contributed by atoms with van der Waals surface area (Å²) in [5.74, 6) is -0.0169. The molecule has 0 spiro atoms. The number of nitrogens with zero attached hydrogens (tertiary/aromatic N) is 2. The fourth-order valence-corrected chi connectivity index (χ4v) is 3.15. The van der Waals surface area contributed by atoms with Crippen molar-refractivity contribution < 1.29 is 14.7 Å². The molecule has 1 unspecified atom stereocenters. The molecule has 5 nitrogen and oxygen atoms in total. The van der Waals surface area contributed by atoms with Crippen molar-refractivity contribution in [2.24, 2.45) is 0 Å². The summed E-state index contributed by atoms with van der Waals surface area (Å²) < 4.78 is 0. The molecule has 0 aromatic heterocycles. The average Bonchev–Trinajstić information content (AvgIpc) is 2.83. The standard InChI is InChI=1S/C12H22N2O3S/c1-4-9(8-18-3)13(2)12(17)14-7-5-6-10(14)11(15)16/h9-10H,4-8H2,1-3H3,(H,15,16)/t9?,10-/m0/s1. The molecule has 0 bridgehead atoms. The zero-order valence-corrected chi connectivity index (χ0v) is 12.1. The molecule has 1 aliphatic rings. The number of hydrogen-bond acceptors (Lipinski definition) is 3. The maximum Gasteiger partial charge on any atom is 0.326 e. The van der Waals surface area contributed by atoms with E-state index >= 15 is 0 Å². The van der Waals surface area contributed by atoms with E-state index in [-0.39, 0.29) is 12.1 Å². The first kappa shape index (κ1) is 15.1. The Morgan fingerprint density at radius 3 is 2.72 bits per heavy atom. The number of thioether (sulfide) groups is 1. The monoisotopic (exact) mass is 274 g/mol. The molecule has 1 heterocycles. The summed E-state index contributed by atoms with van der Waals surface area (Å²) in [5, 5.41) is 9.10. The number of amides is 2. The third kappa shape index (κ3) is 3.31. The highest BCUT2D eigenvalue weighted by atomic mass is 32.2. The maximum absolute atomic E-state index is 12.3. The average molecular weight is 274 g/mol. The molecule has 0 aromatic rings. The van der Waals surface area contributed by atoms with E-state index in [1.54, 1.807) is 23.7 Å². The summed E-state index contributed by atoms with van der Waals surface area (Å²) in [6.45, 7) is 2.60. The summed E-state index contributed by atoms with van der Waals surface area (Å²) >= 11 is 1.70. The first-order chi connectivity index (χ1) is 8.52. The van der Waals surface area contributed by atoms with Gasteiger partial charge < -0.3 is 14.9 Å². The van der Waals surface area contributed by atoms with Gasteiger partial charge in [-0.2, -0.15) is 11.8 Å². The van der Waals surface area contributed by atoms with Gasteiger partial charge in [0.05, 0.1) is 0 Å². The summed E-state index contributed by atoms with van der Waals surface area (Å²) in [4.78, 5) is 26.6. The highest BCUT2D eigenvalue weighted by molar-refractivity contribution is 7.98. The molecule has 0 radical (unpaired) electrons. The fraction of sp³-hybridized carbons (Fsp3) is 0.833. The smallest absolute Gasteiger partial charge is 0.326 e. The van der Waals surface area contributed by atoms with Gasteiger partial charge in [-0.05, 0) is 25.5 Å². The molecule has 2 atom stereocenters. The normalized spacial score (nSPS) is 20.8. The Hall–Kier alpha value is -0.910. The molecule has 0 aliphatic carbocycles. The molecule has 6 heteroatoms. The van der Waals surface area contributed by atoms with Crippen LogP contribution < -0.4 is 0 Å². The van der Waals surface area contributed by atoms with E-state index in [4.69, 9.17) is 5.11 Å². The molecule has 1 aliphatic heterocycles. The van der Waals surface area contributed by atoms with E-state index in [0.29, 0.717) is 13.0 Å². The molecule has 1 fully saturated rings. The quantitative estimate of drug-likeness (QED) is 0.829. The van der Waals surface area contributed by atoms with Crippen LogP contribution in [0.1, 0.15) is 26.2 Å². The van der Waals surface area contributed by atoms with Crippen molar-refractivity contribution in [3.63, 3.8) is 0 Å². The lowest BCUT2D eigenvalue weighted by atomic mass is 10.2. The minimum atomic E-state index is -0.896. The highest BCUT2D eigenvalue weighted by Crippen LogP contribution is 2.20. The van der Waals surface area contributed by atoms with Crippen LogP contribution in [0, 0.1) is 0 Å². The van der Waals surface area contributed by atoms with Gasteiger partial charge in [0.15, 0.2) is 0 Å². The number of carboxylic acids is 1. The number of likely N-dealkylation sites (tertiary alicyclic amines) is 1. The summed E-state index contributed by atoms with van der Waals surface area (Å²) in [6.07, 6.45) is 4.23. The van der Waals surface area contributed by atoms with Crippen LogP contribution in [0.5, 0.6) is 0 Å². The Morgan fingerprint density at radius 1 is 1.56 bits per heavy atom. The van der Waals surface area contributed by atoms with Crippen molar-refractivity contribution in [3.8, 4) is 0 Å². The van der Waals surface area contributed by atoms with Crippen molar-refractivity contribution in [2.45, 2.75) is 38.3 Å². The summed E-state index contributed by atoms with van der Waals surface area (Å²) in [7, 11) is 1.77. The maximum atomic E-state index is 12.3. The minimum Gasteiger partial charge on any atom is -0.480 e. The van der Waals surface area contributed by atoms with E-state index in [9.17, 15) is 9.59 Å². The summed E-state index contributed by atoms with van der Waals surface area (Å²) in [5.41, 5.74) is 0. The molecule has 18 heavy (non-hydrogen) atoms. The number of urea groups is 1. The van der Waals surface area contributed by atoms with Crippen LogP contribution in [0.4, 0.5) is 4.79 Å². The SMILES string of the molecule is CCC(CSC)N(C)C(=O)N1CCC[C@H]1C(=O)O. The molecule has 0 aromatic carbocycles. The number of carboxylic acid groups (broad SMARTS) is 1. The van der Waals surface area contributed by atoms with E-state index in [2.05, 4.69) is 0 Å². The Morgan fingerprint density at radius 2 is 2.22 bits per heavy atom. The lowest BCUT2D eigenvalue weighted by Gasteiger charge is -2.32. The number of carbonyl (C=O) groups is 2. The van der Waals surface area contributed by atoms with Gasteiger partial charge in [-0.1, -0.05) is 6.92 Å². The van der Waals surface area contributed by atoms with E-state index in [1.807, 2.05) is 13.2 Å². The van der Waals surface area contributed by atoms with Crippen molar-refractivity contribution in [1.82, 2.24) is 9.80 Å². The molecular formula is C12H22N2O3S. The van der Waals surface area contributed by atoms with Crippen molar-refractivity contribution >= 4 is 23.8 Å². The van der Waals surface area contributed by atoms with Crippen LogP contribution in [-0.2, 0) is 4.79 Å². The Kier molecular flexibility index (Phi) is 5.78. The molecule has 2 amide bonds. The highest BCUT2D eigenvalue weighted by Gasteiger charge is 2.36. The van der Waals surface area contributed by atoms with Gasteiger partial charge in [-0.15, -0.1) is 0 Å². The third-order valence-corrected chi connectivity index (χ3v) is 4.18. The Balaban J connectivity index is 2.70. The van der Waals surface area contributed by atoms with Gasteiger partial charge >= 0.3 is 12.0 Å². The Bertz CT molecular complexity index is 312. The largest absolute Gasteiger partial charge is 0.480 e. The second kappa shape index (κ2) is 6.87. The van der Waals surface area contributed by atoms with Gasteiger partial charge in [0.1, 0.15) is 6.04 Å². The second-order valence-electron chi connectivity index (χ2n) is 4.60. The van der Waals surface area contributed by atoms with E-state index in [1.165, 1.54) is 4.90 Å². The van der Waals surface area contributed by atoms with Gasteiger partial charge in [-0.3, -0.25) is 0 Å². The zero-order chi connectivity index (χ0) is 13.7. The number of rotatable bonds is 5. The number of hydrogen-bond donors (Lipinski definition) is 1. The van der Waals surface area contributed by atoms with Crippen LogP contribution in [0.25, 0.3) is 0 Å². The molecule has 1 saturated heterocycles. The van der Waals surface area contributed by atoms with Gasteiger partial charge in [0, 0.05) is 25.4 Å². The van der Waals surface area contributed by atoms with Crippen molar-refractivity contribution in [3.05, 3.63) is 0 Å². The van der Waals surface area contributed by atoms with Gasteiger partial charge in [0.25, 0.3) is 0 Å². The molecule has 1 N–H and O–H groups in total. The Labute approximate surface area is 113 Å². The van der Waals surface area contributed by atoms with E-state index in [0.717, 1.165) is 18.6 Å². The molecule has 104 valence electrons. The van der Waals surface area contributed by atoms with E-state index < -0.39 is 12.0 Å². The van der Waals surface area contributed by atoms with Crippen LogP contribution in [-0.4, -0.2) is 64.6 Å². The third-order valence-electron chi connectivity index (χ3n) is 3.46. The number of aliphatic carboxylic acids is 1. The minimum absolute atomic E-state index is 0.152. The topological polar surface area (TPSA) is 60.9 Å². The lowest BCUT2D eigenvalue weighted by Crippen LogP contribution is -2.50. The first-order valence-electron chi connectivity index (χ1n) is 6.28. The van der Waals surface area contributed by atoms with Crippen LogP contribution in [0.3, 0.4) is 0 Å². The van der Waals surface area contributed by atoms with Crippen molar-refractivity contribution in [2.75, 3.05) is 25.6 Å². The first-order valence-corrected chi connectivity index (χ1v) is 7.67. The fourth-order valence-electron chi connectivity index (χ4n) is 2.31. The number of carbonyl (C=O) groups excluding carboxylic acids is 1. The summed E-state index contributed by atoms with van der Waals surface area (Å²) in [6, 6.07) is -0.630. The zero-order valence-electron chi connectivity index (χ0n) is 11.3. The molecular weight excluding hydrogens is 252 g/mol. The predicted octanol–water partition coefficient (Wildman–Crippen LogP) is 1.73.